The number of aryl methyl sites for hydroxylation is 2. The first-order valence-electron chi connectivity index (χ1n) is 8.62. The van der Waals surface area contributed by atoms with Gasteiger partial charge in [0.25, 0.3) is 0 Å². The molecule has 0 N–H and O–H groups in total. The van der Waals surface area contributed by atoms with Crippen molar-refractivity contribution in [1.82, 2.24) is 10.1 Å². The second kappa shape index (κ2) is 7.11. The molecule has 0 fully saturated rings. The van der Waals surface area contributed by atoms with Crippen molar-refractivity contribution in [3.05, 3.63) is 65.3 Å². The number of benzene rings is 1. The van der Waals surface area contributed by atoms with Crippen LogP contribution in [0.4, 0.5) is 5.69 Å². The smallest absolute Gasteiger partial charge is 0.231 e. The molecule has 2 aromatic heterocycles. The van der Waals surface area contributed by atoms with Gasteiger partial charge >= 0.3 is 0 Å². The molecule has 1 aliphatic rings. The van der Waals surface area contributed by atoms with Gasteiger partial charge in [0, 0.05) is 29.7 Å². The number of amides is 1. The number of fused-ring (bicyclic) bond motifs is 1. The van der Waals surface area contributed by atoms with E-state index in [0.717, 1.165) is 22.5 Å². The lowest BCUT2D eigenvalue weighted by atomic mass is 10.1. The summed E-state index contributed by atoms with van der Waals surface area (Å²) >= 11 is 0. The topological polar surface area (TPSA) is 77.7 Å². The average Bonchev–Trinajstić information content (AvgIpc) is 3.28. The van der Waals surface area contributed by atoms with Gasteiger partial charge in [-0.3, -0.25) is 9.78 Å². The number of carbonyl (C=O) groups excluding carboxylic acids is 1. The minimum absolute atomic E-state index is 0.0555. The molecule has 0 spiro atoms. The largest absolute Gasteiger partial charge is 0.454 e. The monoisotopic (exact) mass is 365 g/mol. The van der Waals surface area contributed by atoms with E-state index >= 15 is 0 Å². The van der Waals surface area contributed by atoms with Crippen molar-refractivity contribution in [2.24, 2.45) is 0 Å². The van der Waals surface area contributed by atoms with Crippen molar-refractivity contribution >= 4 is 11.6 Å². The fourth-order valence-corrected chi connectivity index (χ4v) is 3.05. The highest BCUT2D eigenvalue weighted by molar-refractivity contribution is 5.95. The Balaban J connectivity index is 1.66. The second-order valence-electron chi connectivity index (χ2n) is 6.35. The molecule has 0 bridgehead atoms. The number of hydrogen-bond donors (Lipinski definition) is 0. The maximum absolute atomic E-state index is 13.2. The number of anilines is 1. The second-order valence-corrected chi connectivity index (χ2v) is 6.35. The molecule has 0 aliphatic carbocycles. The van der Waals surface area contributed by atoms with Crippen LogP contribution in [0.1, 0.15) is 22.6 Å². The van der Waals surface area contributed by atoms with E-state index in [1.54, 1.807) is 17.3 Å². The van der Waals surface area contributed by atoms with E-state index in [0.29, 0.717) is 23.8 Å². The van der Waals surface area contributed by atoms with Gasteiger partial charge in [-0.1, -0.05) is 5.16 Å². The summed E-state index contributed by atoms with van der Waals surface area (Å²) < 4.78 is 16.0. The van der Waals surface area contributed by atoms with Crippen LogP contribution in [0.5, 0.6) is 11.5 Å². The van der Waals surface area contributed by atoms with E-state index in [1.165, 1.54) is 0 Å². The lowest BCUT2D eigenvalue weighted by Gasteiger charge is -2.23. The van der Waals surface area contributed by atoms with Crippen molar-refractivity contribution in [1.29, 1.82) is 0 Å². The summed E-state index contributed by atoms with van der Waals surface area (Å²) in [5.74, 6) is 1.92. The molecule has 0 atom stereocenters. The summed E-state index contributed by atoms with van der Waals surface area (Å²) in [7, 11) is 0. The quantitative estimate of drug-likeness (QED) is 0.691. The molecule has 3 aromatic rings. The number of hydrogen-bond acceptors (Lipinski definition) is 6. The zero-order valence-corrected chi connectivity index (χ0v) is 15.1. The Morgan fingerprint density at radius 3 is 2.63 bits per heavy atom. The number of aromatic nitrogens is 2. The highest BCUT2D eigenvalue weighted by atomic mass is 16.7. The van der Waals surface area contributed by atoms with Gasteiger partial charge in [0.2, 0.25) is 12.7 Å². The Kier molecular flexibility index (Phi) is 4.50. The third-order valence-electron chi connectivity index (χ3n) is 4.57. The standard InChI is InChI=1S/C20H19N3O4/c1-13-17(14(2)27-22-13)10-20(24)23(11-15-5-7-21-8-6-15)16-3-4-18-19(9-16)26-12-25-18/h3-9H,10-12H2,1-2H3. The van der Waals surface area contributed by atoms with Gasteiger partial charge in [-0.05, 0) is 43.7 Å². The van der Waals surface area contributed by atoms with Gasteiger partial charge in [0.15, 0.2) is 11.5 Å². The first kappa shape index (κ1) is 17.1. The first-order valence-corrected chi connectivity index (χ1v) is 8.62. The van der Waals surface area contributed by atoms with E-state index in [2.05, 4.69) is 10.1 Å². The average molecular weight is 365 g/mol. The van der Waals surface area contributed by atoms with Gasteiger partial charge in [0.05, 0.1) is 18.7 Å². The minimum Gasteiger partial charge on any atom is -0.454 e. The van der Waals surface area contributed by atoms with Crippen LogP contribution in [-0.2, 0) is 17.8 Å². The molecule has 1 aliphatic heterocycles. The third kappa shape index (κ3) is 3.48. The number of carbonyl (C=O) groups is 1. The van der Waals surface area contributed by atoms with Crippen LogP contribution in [0.2, 0.25) is 0 Å². The van der Waals surface area contributed by atoms with Crippen LogP contribution in [0, 0.1) is 13.8 Å². The molecule has 0 saturated heterocycles. The van der Waals surface area contributed by atoms with Crippen molar-refractivity contribution in [2.45, 2.75) is 26.8 Å². The SMILES string of the molecule is Cc1noc(C)c1CC(=O)N(Cc1ccncc1)c1ccc2c(c1)OCO2. The first-order chi connectivity index (χ1) is 13.1. The van der Waals surface area contributed by atoms with Crippen molar-refractivity contribution < 1.29 is 18.8 Å². The molecule has 4 rings (SSSR count). The van der Waals surface area contributed by atoms with Crippen LogP contribution in [0.3, 0.4) is 0 Å². The Bertz CT molecular complexity index is 949. The molecule has 1 amide bonds. The van der Waals surface area contributed by atoms with Crippen LogP contribution in [0.15, 0.2) is 47.2 Å². The molecule has 1 aromatic carbocycles. The van der Waals surface area contributed by atoms with E-state index in [-0.39, 0.29) is 19.1 Å². The lowest BCUT2D eigenvalue weighted by molar-refractivity contribution is -0.118. The number of ether oxygens (including phenoxy) is 2. The van der Waals surface area contributed by atoms with Crippen molar-refractivity contribution in [3.8, 4) is 11.5 Å². The third-order valence-corrected chi connectivity index (χ3v) is 4.57. The van der Waals surface area contributed by atoms with E-state index in [1.807, 2.05) is 44.2 Å². The summed E-state index contributed by atoms with van der Waals surface area (Å²) in [6.45, 7) is 4.27. The predicted molar refractivity (Wildman–Crippen MR) is 97.7 cm³/mol. The Labute approximate surface area is 156 Å². The number of pyridine rings is 1. The van der Waals surface area contributed by atoms with Gasteiger partial charge in [-0.2, -0.15) is 0 Å². The molecular weight excluding hydrogens is 346 g/mol. The van der Waals surface area contributed by atoms with Crippen LogP contribution in [-0.4, -0.2) is 22.8 Å². The predicted octanol–water partition coefficient (Wildman–Crippen LogP) is 3.19. The molecule has 0 radical (unpaired) electrons. The normalized spacial score (nSPS) is 12.2. The van der Waals surface area contributed by atoms with E-state index in [4.69, 9.17) is 14.0 Å². The molecule has 7 heteroatoms. The van der Waals surface area contributed by atoms with E-state index in [9.17, 15) is 4.79 Å². The van der Waals surface area contributed by atoms with Crippen molar-refractivity contribution in [2.75, 3.05) is 11.7 Å². The Morgan fingerprint density at radius 2 is 1.89 bits per heavy atom. The number of nitrogens with zero attached hydrogens (tertiary/aromatic N) is 3. The van der Waals surface area contributed by atoms with Gasteiger partial charge in [0.1, 0.15) is 5.76 Å². The molecule has 138 valence electrons. The molecule has 27 heavy (non-hydrogen) atoms. The van der Waals surface area contributed by atoms with Gasteiger partial charge in [-0.15, -0.1) is 0 Å². The number of rotatable bonds is 5. The summed E-state index contributed by atoms with van der Waals surface area (Å²) in [6.07, 6.45) is 3.64. The minimum atomic E-state index is -0.0555. The summed E-state index contributed by atoms with van der Waals surface area (Å²) in [5.41, 5.74) is 3.28. The summed E-state index contributed by atoms with van der Waals surface area (Å²) in [5, 5.41) is 3.94. The van der Waals surface area contributed by atoms with Crippen LogP contribution in [0.25, 0.3) is 0 Å². The molecule has 0 saturated carbocycles. The maximum Gasteiger partial charge on any atom is 0.231 e. The summed E-state index contributed by atoms with van der Waals surface area (Å²) in [6, 6.07) is 9.29. The zero-order valence-electron chi connectivity index (χ0n) is 15.1. The van der Waals surface area contributed by atoms with Gasteiger partial charge in [-0.25, -0.2) is 0 Å². The Hall–Kier alpha value is -3.35. The molecule has 0 unspecified atom stereocenters. The fraction of sp³-hybridized carbons (Fsp3) is 0.250. The summed E-state index contributed by atoms with van der Waals surface area (Å²) in [4.78, 5) is 19.0. The Morgan fingerprint density at radius 1 is 1.11 bits per heavy atom. The zero-order chi connectivity index (χ0) is 18.8. The van der Waals surface area contributed by atoms with Crippen LogP contribution < -0.4 is 14.4 Å². The molecule has 3 heterocycles. The maximum atomic E-state index is 13.2. The lowest BCUT2D eigenvalue weighted by Crippen LogP contribution is -2.32. The van der Waals surface area contributed by atoms with Gasteiger partial charge < -0.3 is 18.9 Å². The fourth-order valence-electron chi connectivity index (χ4n) is 3.05. The molecular formula is C20H19N3O4. The van der Waals surface area contributed by atoms with Crippen molar-refractivity contribution in [3.63, 3.8) is 0 Å². The highest BCUT2D eigenvalue weighted by Gasteiger charge is 2.23. The molecule has 7 nitrogen and oxygen atoms in total. The highest BCUT2D eigenvalue weighted by Crippen LogP contribution is 2.36. The van der Waals surface area contributed by atoms with E-state index < -0.39 is 0 Å². The van der Waals surface area contributed by atoms with Crippen LogP contribution >= 0.6 is 0 Å².